The summed E-state index contributed by atoms with van der Waals surface area (Å²) in [5.74, 6) is 1.05. The Balaban J connectivity index is 2.00. The largest absolute Gasteiger partial charge is 0.497 e. The monoisotopic (exact) mass is 383 g/mol. The molecule has 28 heavy (non-hydrogen) atoms. The number of aryl methyl sites for hydroxylation is 1. The van der Waals surface area contributed by atoms with Crippen molar-refractivity contribution in [3.63, 3.8) is 0 Å². The van der Waals surface area contributed by atoms with Crippen LogP contribution in [0.3, 0.4) is 0 Å². The van der Waals surface area contributed by atoms with Crippen molar-refractivity contribution < 1.29 is 9.53 Å². The number of anilines is 1. The van der Waals surface area contributed by atoms with Crippen molar-refractivity contribution in [3.05, 3.63) is 51.4 Å². The highest BCUT2D eigenvalue weighted by Crippen LogP contribution is 2.18. The number of nitrogens with zero attached hydrogens (tertiary/aromatic N) is 4. The van der Waals surface area contributed by atoms with Crippen LogP contribution in [0.2, 0.25) is 0 Å². The van der Waals surface area contributed by atoms with Gasteiger partial charge >= 0.3 is 0 Å². The zero-order valence-corrected chi connectivity index (χ0v) is 16.7. The zero-order chi connectivity index (χ0) is 20.3. The molecule has 0 atom stereocenters. The molecule has 3 rings (SSSR count). The zero-order valence-electron chi connectivity index (χ0n) is 16.7. The molecule has 1 N–H and O–H groups in total. The first-order valence-corrected chi connectivity index (χ1v) is 9.33. The van der Waals surface area contributed by atoms with Crippen LogP contribution in [0, 0.1) is 6.92 Å². The van der Waals surface area contributed by atoms with Crippen molar-refractivity contribution in [1.29, 1.82) is 0 Å². The third-order valence-electron chi connectivity index (χ3n) is 4.67. The lowest BCUT2D eigenvalue weighted by Gasteiger charge is -2.17. The summed E-state index contributed by atoms with van der Waals surface area (Å²) in [6.07, 6.45) is 2.58. The van der Waals surface area contributed by atoms with Crippen LogP contribution in [0.5, 0.6) is 5.75 Å². The highest BCUT2D eigenvalue weighted by atomic mass is 16.5. The van der Waals surface area contributed by atoms with Gasteiger partial charge in [0.05, 0.1) is 19.3 Å². The fraction of sp³-hybridized carbons (Fsp3) is 0.400. The average molecular weight is 383 g/mol. The molecule has 0 radical (unpaired) electrons. The molecule has 2 aromatic heterocycles. The summed E-state index contributed by atoms with van der Waals surface area (Å²) >= 11 is 0. The second-order valence-electron chi connectivity index (χ2n) is 6.72. The maximum atomic E-state index is 12.8. The van der Waals surface area contributed by atoms with E-state index in [1.165, 1.54) is 16.3 Å². The van der Waals surface area contributed by atoms with E-state index in [4.69, 9.17) is 4.74 Å². The summed E-state index contributed by atoms with van der Waals surface area (Å²) in [6.45, 7) is 5.65. The molecule has 0 saturated carbocycles. The number of rotatable bonds is 7. The number of methoxy groups -OCH3 is 1. The molecule has 2 heterocycles. The second-order valence-corrected chi connectivity index (χ2v) is 6.72. The van der Waals surface area contributed by atoms with Gasteiger partial charge in [0.1, 0.15) is 5.75 Å². The summed E-state index contributed by atoms with van der Waals surface area (Å²) in [7, 11) is 1.59. The first-order chi connectivity index (χ1) is 13.4. The Bertz CT molecular complexity index is 1050. The van der Waals surface area contributed by atoms with Gasteiger partial charge in [0.2, 0.25) is 11.9 Å². The smallest absolute Gasteiger partial charge is 0.277 e. The minimum atomic E-state index is -0.196. The van der Waals surface area contributed by atoms with Gasteiger partial charge in [-0.3, -0.25) is 19.6 Å². The van der Waals surface area contributed by atoms with Gasteiger partial charge in [-0.05, 0) is 37.5 Å². The highest BCUT2D eigenvalue weighted by Gasteiger charge is 2.19. The molecule has 1 amide bonds. The number of carbonyl (C=O) groups is 1. The minimum Gasteiger partial charge on any atom is -0.497 e. The summed E-state index contributed by atoms with van der Waals surface area (Å²) in [4.78, 5) is 35.4. The maximum Gasteiger partial charge on any atom is 0.277 e. The molecule has 148 valence electrons. The van der Waals surface area contributed by atoms with Gasteiger partial charge in [0, 0.05) is 12.5 Å². The predicted molar refractivity (Wildman–Crippen MR) is 107 cm³/mol. The Morgan fingerprint density at radius 2 is 2.11 bits per heavy atom. The number of aromatic nitrogens is 4. The molecule has 1 aromatic carbocycles. The Kier molecular flexibility index (Phi) is 5.77. The standard InChI is InChI=1S/C20H25N5O3/c1-5-6-10-17-13(2)21-19-22-20(23-25(19)18(17)27)24(14(3)26)12-15-8-7-9-16(11-15)28-4/h7-9,11H,5-6,10,12H2,1-4H3,(H,21,22,23). The number of hydrogen-bond acceptors (Lipinski definition) is 5. The number of hydrogen-bond donors (Lipinski definition) is 1. The van der Waals surface area contributed by atoms with Crippen molar-refractivity contribution in [1.82, 2.24) is 19.6 Å². The Labute approximate surface area is 163 Å². The van der Waals surface area contributed by atoms with E-state index in [-0.39, 0.29) is 23.2 Å². The van der Waals surface area contributed by atoms with E-state index in [9.17, 15) is 9.59 Å². The number of H-pyrrole nitrogens is 1. The number of unbranched alkanes of at least 4 members (excludes halogenated alkanes) is 1. The van der Waals surface area contributed by atoms with Gasteiger partial charge < -0.3 is 4.74 Å². The van der Waals surface area contributed by atoms with Crippen LogP contribution in [-0.4, -0.2) is 32.6 Å². The molecule has 0 bridgehead atoms. The predicted octanol–water partition coefficient (Wildman–Crippen LogP) is 2.63. The molecule has 0 aliphatic rings. The SMILES string of the molecule is CCCCc1c(C)nc2nc(N(Cc3cccc(OC)c3)C(C)=O)[nH]n2c1=O. The van der Waals surface area contributed by atoms with Gasteiger partial charge in [0.25, 0.3) is 11.3 Å². The molecule has 8 heteroatoms. The summed E-state index contributed by atoms with van der Waals surface area (Å²) < 4.78 is 6.56. The van der Waals surface area contributed by atoms with E-state index < -0.39 is 0 Å². The lowest BCUT2D eigenvalue weighted by atomic mass is 10.1. The third-order valence-corrected chi connectivity index (χ3v) is 4.67. The first kappa shape index (κ1) is 19.6. The fourth-order valence-electron chi connectivity index (χ4n) is 3.09. The first-order valence-electron chi connectivity index (χ1n) is 9.33. The number of ether oxygens (including phenoxy) is 1. The Morgan fingerprint density at radius 1 is 1.32 bits per heavy atom. The molecule has 8 nitrogen and oxygen atoms in total. The van der Waals surface area contributed by atoms with Gasteiger partial charge in [-0.15, -0.1) is 0 Å². The van der Waals surface area contributed by atoms with Crippen LogP contribution in [0.1, 0.15) is 43.5 Å². The van der Waals surface area contributed by atoms with Gasteiger partial charge in [-0.25, -0.2) is 4.98 Å². The normalized spacial score (nSPS) is 11.0. The fourth-order valence-corrected chi connectivity index (χ4v) is 3.09. The lowest BCUT2D eigenvalue weighted by molar-refractivity contribution is -0.116. The van der Waals surface area contributed by atoms with E-state index in [0.29, 0.717) is 30.0 Å². The van der Waals surface area contributed by atoms with Crippen LogP contribution in [0.4, 0.5) is 5.95 Å². The maximum absolute atomic E-state index is 12.8. The van der Waals surface area contributed by atoms with Crippen molar-refractivity contribution in [2.24, 2.45) is 0 Å². The van der Waals surface area contributed by atoms with Crippen molar-refractivity contribution in [3.8, 4) is 5.75 Å². The molecule has 0 spiro atoms. The van der Waals surface area contributed by atoms with Gasteiger partial charge in [-0.2, -0.15) is 9.50 Å². The van der Waals surface area contributed by atoms with E-state index in [1.54, 1.807) is 7.11 Å². The van der Waals surface area contributed by atoms with Crippen molar-refractivity contribution >= 4 is 17.6 Å². The molecule has 0 saturated heterocycles. The number of amides is 1. The number of carbonyl (C=O) groups excluding carboxylic acids is 1. The van der Waals surface area contributed by atoms with E-state index in [1.807, 2.05) is 31.2 Å². The lowest BCUT2D eigenvalue weighted by Crippen LogP contribution is -2.29. The number of nitrogens with one attached hydrogen (secondary N) is 1. The van der Waals surface area contributed by atoms with Gasteiger partial charge in [0.15, 0.2) is 0 Å². The summed E-state index contributed by atoms with van der Waals surface area (Å²) in [5.41, 5.74) is 2.07. The van der Waals surface area contributed by atoms with Crippen molar-refractivity contribution in [2.45, 2.75) is 46.6 Å². The average Bonchev–Trinajstić information content (AvgIpc) is 3.09. The molecule has 0 unspecified atom stereocenters. The van der Waals surface area contributed by atoms with Crippen LogP contribution < -0.4 is 15.2 Å². The Hall–Kier alpha value is -3.16. The molecule has 0 aliphatic carbocycles. The van der Waals surface area contributed by atoms with E-state index in [0.717, 1.165) is 18.4 Å². The number of benzene rings is 1. The van der Waals surface area contributed by atoms with Crippen molar-refractivity contribution in [2.75, 3.05) is 12.0 Å². The van der Waals surface area contributed by atoms with Crippen LogP contribution in [0.15, 0.2) is 29.1 Å². The van der Waals surface area contributed by atoms with E-state index in [2.05, 4.69) is 22.0 Å². The Morgan fingerprint density at radius 3 is 2.79 bits per heavy atom. The number of fused-ring (bicyclic) bond motifs is 1. The molecule has 0 aliphatic heterocycles. The third kappa shape index (κ3) is 3.90. The molecular formula is C20H25N5O3. The topological polar surface area (TPSA) is 92.6 Å². The second kappa shape index (κ2) is 8.24. The number of aromatic amines is 1. The van der Waals surface area contributed by atoms with Crippen LogP contribution in [-0.2, 0) is 17.8 Å². The summed E-state index contributed by atoms with van der Waals surface area (Å²) in [6, 6.07) is 7.46. The van der Waals surface area contributed by atoms with Crippen LogP contribution in [0.25, 0.3) is 5.78 Å². The summed E-state index contributed by atoms with van der Waals surface area (Å²) in [5, 5.41) is 2.94. The molecular weight excluding hydrogens is 358 g/mol. The molecule has 3 aromatic rings. The molecule has 0 fully saturated rings. The van der Waals surface area contributed by atoms with Crippen LogP contribution >= 0.6 is 0 Å². The quantitative estimate of drug-likeness (QED) is 0.677. The highest BCUT2D eigenvalue weighted by molar-refractivity contribution is 5.89. The van der Waals surface area contributed by atoms with E-state index >= 15 is 0 Å². The van der Waals surface area contributed by atoms with Gasteiger partial charge in [-0.1, -0.05) is 25.5 Å². The minimum absolute atomic E-state index is 0.167.